The quantitative estimate of drug-likeness (QED) is 0.879. The third kappa shape index (κ3) is 4.85. The molecule has 1 atom stereocenters. The maximum Gasteiger partial charge on any atom is 0.321 e. The number of aryl methyl sites for hydroxylation is 1. The van der Waals surface area contributed by atoms with E-state index in [0.29, 0.717) is 32.7 Å². The largest absolute Gasteiger partial charge is 0.376 e. The molecule has 2 N–H and O–H groups in total. The highest BCUT2D eigenvalue weighted by Crippen LogP contribution is 2.12. The van der Waals surface area contributed by atoms with E-state index < -0.39 is 0 Å². The van der Waals surface area contributed by atoms with Crippen LogP contribution >= 0.6 is 0 Å². The third-order valence-corrected chi connectivity index (χ3v) is 4.63. The molecule has 7 nitrogen and oxygen atoms in total. The first kappa shape index (κ1) is 17.5. The van der Waals surface area contributed by atoms with Crippen molar-refractivity contribution in [2.45, 2.75) is 25.9 Å². The van der Waals surface area contributed by atoms with Crippen LogP contribution in [0.5, 0.6) is 0 Å². The van der Waals surface area contributed by atoms with Gasteiger partial charge < -0.3 is 25.2 Å². The van der Waals surface area contributed by atoms with Crippen molar-refractivity contribution in [3.63, 3.8) is 0 Å². The number of anilines is 1. The molecule has 4 amide bonds. The summed E-state index contributed by atoms with van der Waals surface area (Å²) >= 11 is 0. The first-order valence-corrected chi connectivity index (χ1v) is 8.89. The van der Waals surface area contributed by atoms with Crippen molar-refractivity contribution in [2.75, 3.05) is 44.6 Å². The molecule has 0 radical (unpaired) electrons. The summed E-state index contributed by atoms with van der Waals surface area (Å²) in [4.78, 5) is 28.0. The van der Waals surface area contributed by atoms with Crippen LogP contribution in [0.2, 0.25) is 0 Å². The summed E-state index contributed by atoms with van der Waals surface area (Å²) in [5.41, 5.74) is 1.90. The fourth-order valence-electron chi connectivity index (χ4n) is 3.16. The van der Waals surface area contributed by atoms with E-state index in [2.05, 4.69) is 10.6 Å². The van der Waals surface area contributed by atoms with Crippen molar-refractivity contribution in [1.82, 2.24) is 15.1 Å². The highest BCUT2D eigenvalue weighted by molar-refractivity contribution is 5.89. The highest BCUT2D eigenvalue weighted by Gasteiger charge is 2.25. The van der Waals surface area contributed by atoms with Crippen LogP contribution in [0.25, 0.3) is 0 Å². The molecule has 0 bridgehead atoms. The summed E-state index contributed by atoms with van der Waals surface area (Å²) in [6.07, 6.45) is 2.22. The molecule has 1 aromatic carbocycles. The Morgan fingerprint density at radius 1 is 1.16 bits per heavy atom. The van der Waals surface area contributed by atoms with Crippen LogP contribution in [0.1, 0.15) is 18.4 Å². The van der Waals surface area contributed by atoms with Gasteiger partial charge in [-0.3, -0.25) is 0 Å². The Morgan fingerprint density at radius 3 is 2.52 bits per heavy atom. The predicted molar refractivity (Wildman–Crippen MR) is 95.7 cm³/mol. The van der Waals surface area contributed by atoms with Gasteiger partial charge in [-0.1, -0.05) is 12.1 Å². The fraction of sp³-hybridized carbons (Fsp3) is 0.556. The predicted octanol–water partition coefficient (Wildman–Crippen LogP) is 2.03. The number of hydrogen-bond donors (Lipinski definition) is 2. The van der Waals surface area contributed by atoms with Gasteiger partial charge in [-0.15, -0.1) is 0 Å². The van der Waals surface area contributed by atoms with Gasteiger partial charge in [0.2, 0.25) is 0 Å². The monoisotopic (exact) mass is 346 g/mol. The number of amides is 4. The number of nitrogens with zero attached hydrogens (tertiary/aromatic N) is 2. The topological polar surface area (TPSA) is 73.9 Å². The molecule has 2 heterocycles. The average Bonchev–Trinajstić information content (AvgIpc) is 3.13. The molecule has 2 fully saturated rings. The molecule has 0 saturated carbocycles. The molecule has 7 heteroatoms. The second-order valence-corrected chi connectivity index (χ2v) is 6.59. The van der Waals surface area contributed by atoms with Crippen LogP contribution in [0, 0.1) is 6.92 Å². The van der Waals surface area contributed by atoms with Crippen LogP contribution in [0.15, 0.2) is 24.3 Å². The van der Waals surface area contributed by atoms with E-state index in [-0.39, 0.29) is 18.2 Å². The maximum absolute atomic E-state index is 12.3. The summed E-state index contributed by atoms with van der Waals surface area (Å²) in [5, 5.41) is 5.84. The van der Waals surface area contributed by atoms with Gasteiger partial charge in [0.25, 0.3) is 0 Å². The molecular weight excluding hydrogens is 320 g/mol. The molecule has 3 rings (SSSR count). The standard InChI is InChI=1S/C18H26N4O3/c1-14-4-2-5-15(12-14)20-18(24)22-9-7-21(8-10-22)17(23)19-13-16-6-3-11-25-16/h2,4-5,12,16H,3,6-11,13H2,1H3,(H,19,23)(H,20,24). The zero-order chi connectivity index (χ0) is 17.6. The van der Waals surface area contributed by atoms with Crippen LogP contribution in [0.3, 0.4) is 0 Å². The fourth-order valence-corrected chi connectivity index (χ4v) is 3.16. The van der Waals surface area contributed by atoms with E-state index >= 15 is 0 Å². The Hall–Kier alpha value is -2.28. The van der Waals surface area contributed by atoms with Crippen molar-refractivity contribution in [3.8, 4) is 0 Å². The summed E-state index contributed by atoms with van der Waals surface area (Å²) in [6, 6.07) is 7.52. The molecule has 0 aliphatic carbocycles. The molecule has 1 aromatic rings. The third-order valence-electron chi connectivity index (χ3n) is 4.63. The van der Waals surface area contributed by atoms with Gasteiger partial charge in [-0.2, -0.15) is 0 Å². The number of carbonyl (C=O) groups is 2. The molecule has 2 aliphatic rings. The van der Waals surface area contributed by atoms with Crippen molar-refractivity contribution in [1.29, 1.82) is 0 Å². The number of nitrogens with one attached hydrogen (secondary N) is 2. The minimum Gasteiger partial charge on any atom is -0.376 e. The molecule has 0 spiro atoms. The van der Waals surface area contributed by atoms with Crippen LogP contribution in [-0.2, 0) is 4.74 Å². The summed E-state index contributed by atoms with van der Waals surface area (Å²) < 4.78 is 5.51. The lowest BCUT2D eigenvalue weighted by Crippen LogP contribution is -2.54. The van der Waals surface area contributed by atoms with E-state index in [1.807, 2.05) is 31.2 Å². The molecule has 2 aliphatic heterocycles. The maximum atomic E-state index is 12.3. The van der Waals surface area contributed by atoms with Gasteiger partial charge >= 0.3 is 12.1 Å². The summed E-state index contributed by atoms with van der Waals surface area (Å²) in [7, 11) is 0. The number of benzene rings is 1. The van der Waals surface area contributed by atoms with Gasteiger partial charge in [0.1, 0.15) is 0 Å². The van der Waals surface area contributed by atoms with Crippen molar-refractivity contribution in [2.24, 2.45) is 0 Å². The van der Waals surface area contributed by atoms with E-state index in [0.717, 1.165) is 30.7 Å². The Labute approximate surface area is 148 Å². The minimum absolute atomic E-state index is 0.0748. The van der Waals surface area contributed by atoms with Crippen LogP contribution in [-0.4, -0.2) is 67.3 Å². The number of carbonyl (C=O) groups excluding carboxylic acids is 2. The lowest BCUT2D eigenvalue weighted by Gasteiger charge is -2.34. The molecular formula is C18H26N4O3. The smallest absolute Gasteiger partial charge is 0.321 e. The number of urea groups is 2. The number of ether oxygens (including phenoxy) is 1. The van der Waals surface area contributed by atoms with Gasteiger partial charge in [0, 0.05) is 45.0 Å². The first-order valence-electron chi connectivity index (χ1n) is 8.89. The molecule has 0 aromatic heterocycles. The van der Waals surface area contributed by atoms with E-state index in [1.165, 1.54) is 0 Å². The van der Waals surface area contributed by atoms with Gasteiger partial charge in [0.05, 0.1) is 6.10 Å². The second kappa shape index (κ2) is 8.20. The number of rotatable bonds is 3. The SMILES string of the molecule is Cc1cccc(NC(=O)N2CCN(C(=O)NCC3CCCO3)CC2)c1. The lowest BCUT2D eigenvalue weighted by molar-refractivity contribution is 0.106. The Morgan fingerprint density at radius 2 is 1.88 bits per heavy atom. The molecule has 136 valence electrons. The minimum atomic E-state index is -0.120. The Balaban J connectivity index is 1.41. The van der Waals surface area contributed by atoms with Crippen LogP contribution < -0.4 is 10.6 Å². The van der Waals surface area contributed by atoms with Crippen molar-refractivity contribution in [3.05, 3.63) is 29.8 Å². The lowest BCUT2D eigenvalue weighted by atomic mass is 10.2. The van der Waals surface area contributed by atoms with E-state index in [4.69, 9.17) is 4.74 Å². The number of piperazine rings is 1. The van der Waals surface area contributed by atoms with E-state index in [1.54, 1.807) is 9.80 Å². The van der Waals surface area contributed by atoms with E-state index in [9.17, 15) is 9.59 Å². The summed E-state index contributed by atoms with van der Waals surface area (Å²) in [5.74, 6) is 0. The molecule has 2 saturated heterocycles. The van der Waals surface area contributed by atoms with Crippen molar-refractivity contribution < 1.29 is 14.3 Å². The van der Waals surface area contributed by atoms with Gasteiger partial charge in [-0.05, 0) is 37.5 Å². The first-order chi connectivity index (χ1) is 12.1. The Bertz CT molecular complexity index is 608. The molecule has 25 heavy (non-hydrogen) atoms. The highest BCUT2D eigenvalue weighted by atomic mass is 16.5. The second-order valence-electron chi connectivity index (χ2n) is 6.59. The van der Waals surface area contributed by atoms with Gasteiger partial charge in [-0.25, -0.2) is 9.59 Å². The average molecular weight is 346 g/mol. The van der Waals surface area contributed by atoms with Crippen LogP contribution in [0.4, 0.5) is 15.3 Å². The Kier molecular flexibility index (Phi) is 5.75. The van der Waals surface area contributed by atoms with Crippen molar-refractivity contribution >= 4 is 17.7 Å². The van der Waals surface area contributed by atoms with Gasteiger partial charge in [0.15, 0.2) is 0 Å². The zero-order valence-corrected chi connectivity index (χ0v) is 14.7. The number of hydrogen-bond acceptors (Lipinski definition) is 3. The zero-order valence-electron chi connectivity index (χ0n) is 14.7. The molecule has 1 unspecified atom stereocenters. The normalized spacial score (nSPS) is 20.4. The summed E-state index contributed by atoms with van der Waals surface area (Å²) in [6.45, 7) is 5.49.